The van der Waals surface area contributed by atoms with Gasteiger partial charge in [0.15, 0.2) is 5.76 Å². The molecule has 1 aliphatic heterocycles. The average molecular weight is 512 g/mol. The summed E-state index contributed by atoms with van der Waals surface area (Å²) in [5.41, 5.74) is 1.96. The van der Waals surface area contributed by atoms with E-state index in [1.54, 1.807) is 30.5 Å². The molecule has 3 N–H and O–H groups in total. The van der Waals surface area contributed by atoms with Crippen molar-refractivity contribution in [1.82, 2.24) is 0 Å². The smallest absolute Gasteiger partial charge is 0.290 e. The molecule has 0 saturated carbocycles. The summed E-state index contributed by atoms with van der Waals surface area (Å²) >= 11 is 0. The van der Waals surface area contributed by atoms with Crippen LogP contribution in [0.5, 0.6) is 5.75 Å². The summed E-state index contributed by atoms with van der Waals surface area (Å²) in [7, 11) is 0. The van der Waals surface area contributed by atoms with E-state index in [-0.39, 0.29) is 42.2 Å². The molecule has 0 fully saturated rings. The minimum absolute atomic E-state index is 0.0259. The molecule has 9 nitrogen and oxygen atoms in total. The maximum absolute atomic E-state index is 13.2. The van der Waals surface area contributed by atoms with Crippen molar-refractivity contribution in [3.8, 4) is 5.75 Å². The van der Waals surface area contributed by atoms with Gasteiger partial charge in [0.2, 0.25) is 6.29 Å². The minimum Gasteiger partial charge on any atom is -0.506 e. The first kappa shape index (κ1) is 26.7. The number of fused-ring (bicyclic) bond motifs is 1. The summed E-state index contributed by atoms with van der Waals surface area (Å²) < 4.78 is 28.9. The van der Waals surface area contributed by atoms with Crippen molar-refractivity contribution in [3.63, 3.8) is 0 Å². The molecule has 9 heteroatoms. The molecule has 1 aromatic heterocycles. The van der Waals surface area contributed by atoms with Crippen LogP contribution in [0.3, 0.4) is 0 Å². The van der Waals surface area contributed by atoms with Crippen molar-refractivity contribution in [2.45, 2.75) is 25.6 Å². The summed E-state index contributed by atoms with van der Waals surface area (Å²) in [5, 5.41) is 22.6. The molecular weight excluding hydrogens is 478 g/mol. The molecule has 4 rings (SSSR count). The van der Waals surface area contributed by atoms with Crippen molar-refractivity contribution >= 4 is 22.6 Å². The summed E-state index contributed by atoms with van der Waals surface area (Å²) in [6.07, 6.45) is 3.40. The predicted molar refractivity (Wildman–Crippen MR) is 137 cm³/mol. The van der Waals surface area contributed by atoms with Crippen molar-refractivity contribution in [3.05, 3.63) is 72.2 Å². The van der Waals surface area contributed by atoms with E-state index in [0.717, 1.165) is 16.5 Å². The topological polar surface area (TPSA) is 120 Å². The van der Waals surface area contributed by atoms with Crippen LogP contribution in [-0.4, -0.2) is 62.1 Å². The monoisotopic (exact) mass is 511 g/mol. The lowest BCUT2D eigenvalue weighted by Crippen LogP contribution is -2.38. The van der Waals surface area contributed by atoms with Gasteiger partial charge in [0, 0.05) is 36.0 Å². The molecule has 0 radical (unpaired) electrons. The van der Waals surface area contributed by atoms with Gasteiger partial charge < -0.3 is 38.9 Å². The van der Waals surface area contributed by atoms with Crippen LogP contribution in [0.15, 0.2) is 71.0 Å². The van der Waals surface area contributed by atoms with Gasteiger partial charge in [-0.1, -0.05) is 30.3 Å². The van der Waals surface area contributed by atoms with Crippen molar-refractivity contribution < 1.29 is 38.4 Å². The van der Waals surface area contributed by atoms with Crippen LogP contribution in [0.4, 0.5) is 5.69 Å². The third-order valence-corrected chi connectivity index (χ3v) is 6.17. The van der Waals surface area contributed by atoms with Gasteiger partial charge in [-0.3, -0.25) is 4.79 Å². The molecular formula is C28H33NO8. The molecule has 1 aliphatic rings. The molecule has 0 spiro atoms. The summed E-state index contributed by atoms with van der Waals surface area (Å²) in [4.78, 5) is 13.2. The number of amides is 1. The zero-order valence-corrected chi connectivity index (χ0v) is 20.8. The number of ether oxygens (including phenoxy) is 4. The van der Waals surface area contributed by atoms with Gasteiger partial charge >= 0.3 is 0 Å². The van der Waals surface area contributed by atoms with E-state index in [4.69, 9.17) is 28.5 Å². The van der Waals surface area contributed by atoms with Crippen molar-refractivity contribution in [2.75, 3.05) is 45.0 Å². The van der Waals surface area contributed by atoms with E-state index < -0.39 is 12.2 Å². The number of carbonyl (C=O) groups excluding carboxylic acids is 1. The van der Waals surface area contributed by atoms with Crippen molar-refractivity contribution in [2.24, 2.45) is 5.92 Å². The normalized spacial score (nSPS) is 19.4. The lowest BCUT2D eigenvalue weighted by molar-refractivity contribution is -0.166. The maximum atomic E-state index is 13.2. The van der Waals surface area contributed by atoms with Crippen molar-refractivity contribution in [1.29, 1.82) is 0 Å². The highest BCUT2D eigenvalue weighted by Crippen LogP contribution is 2.42. The first-order valence-electron chi connectivity index (χ1n) is 12.4. The minimum atomic E-state index is -0.701. The quantitative estimate of drug-likeness (QED) is 0.231. The Kier molecular flexibility index (Phi) is 9.56. The number of nitrogens with one attached hydrogen (secondary N) is 1. The van der Waals surface area contributed by atoms with Crippen LogP contribution in [0.2, 0.25) is 0 Å². The second kappa shape index (κ2) is 13.3. The third-order valence-electron chi connectivity index (χ3n) is 6.17. The molecule has 0 bridgehead atoms. The van der Waals surface area contributed by atoms with Gasteiger partial charge in [0.25, 0.3) is 5.91 Å². The molecule has 37 heavy (non-hydrogen) atoms. The summed E-state index contributed by atoms with van der Waals surface area (Å²) in [5.74, 6) is -0.843. The number of para-hydroxylation sites is 3. The van der Waals surface area contributed by atoms with Crippen LogP contribution in [-0.2, 0) is 23.7 Å². The first-order chi connectivity index (χ1) is 18.1. The van der Waals surface area contributed by atoms with Crippen LogP contribution in [0, 0.1) is 5.92 Å². The van der Waals surface area contributed by atoms with E-state index in [1.807, 2.05) is 31.2 Å². The average Bonchev–Trinajstić information content (AvgIpc) is 3.34. The third kappa shape index (κ3) is 6.69. The molecule has 0 saturated heterocycles. The predicted octanol–water partition coefficient (Wildman–Crippen LogP) is 4.17. The number of phenols is 1. The number of carbonyl (C=O) groups is 1. The zero-order chi connectivity index (χ0) is 26.0. The number of aromatic hydroxyl groups is 1. The zero-order valence-electron chi connectivity index (χ0n) is 20.8. The highest BCUT2D eigenvalue weighted by Gasteiger charge is 2.39. The molecule has 3 unspecified atom stereocenters. The van der Waals surface area contributed by atoms with Crippen LogP contribution >= 0.6 is 0 Å². The summed E-state index contributed by atoms with van der Waals surface area (Å²) in [6, 6.07) is 14.3. The van der Waals surface area contributed by atoms with Gasteiger partial charge in [-0.25, -0.2) is 0 Å². The lowest BCUT2D eigenvalue weighted by atomic mass is 9.81. The van der Waals surface area contributed by atoms with Crippen LogP contribution in [0.1, 0.15) is 24.8 Å². The number of benzene rings is 2. The second-order valence-electron chi connectivity index (χ2n) is 8.56. The Bertz CT molecular complexity index is 1190. The second-order valence-corrected chi connectivity index (χ2v) is 8.56. The summed E-state index contributed by atoms with van der Waals surface area (Å²) in [6.45, 7) is 3.74. The van der Waals surface area contributed by atoms with E-state index in [0.29, 0.717) is 32.8 Å². The van der Waals surface area contributed by atoms with E-state index >= 15 is 0 Å². The highest BCUT2D eigenvalue weighted by atomic mass is 16.7. The highest BCUT2D eigenvalue weighted by molar-refractivity contribution is 6.03. The number of anilines is 1. The number of rotatable bonds is 13. The fraction of sp³-hybridized carbons (Fsp3) is 0.393. The number of hydrogen-bond acceptors (Lipinski definition) is 8. The van der Waals surface area contributed by atoms with Crippen LogP contribution in [0.25, 0.3) is 11.0 Å². The van der Waals surface area contributed by atoms with Gasteiger partial charge in [-0.05, 0) is 37.6 Å². The lowest BCUT2D eigenvalue weighted by Gasteiger charge is -2.36. The number of furan rings is 1. The van der Waals surface area contributed by atoms with Crippen LogP contribution < -0.4 is 5.32 Å². The Morgan fingerprint density at radius 3 is 2.57 bits per heavy atom. The fourth-order valence-electron chi connectivity index (χ4n) is 4.42. The van der Waals surface area contributed by atoms with E-state index in [9.17, 15) is 9.90 Å². The fourth-order valence-corrected chi connectivity index (χ4v) is 4.42. The Hall–Kier alpha value is -3.37. The Labute approximate surface area is 215 Å². The van der Waals surface area contributed by atoms with Gasteiger partial charge in [0.1, 0.15) is 11.3 Å². The molecule has 2 heterocycles. The Morgan fingerprint density at radius 1 is 1.03 bits per heavy atom. The molecule has 3 aromatic rings. The maximum Gasteiger partial charge on any atom is 0.290 e. The molecule has 2 aromatic carbocycles. The van der Waals surface area contributed by atoms with Gasteiger partial charge in [0.05, 0.1) is 38.4 Å². The number of hydrogen-bond donors (Lipinski definition) is 3. The Morgan fingerprint density at radius 2 is 1.78 bits per heavy atom. The number of allylic oxidation sites excluding steroid dienone is 1. The molecule has 198 valence electrons. The standard InChI is InChI=1S/C28H33NO8/c1-2-35-28-20(11-13-33-15-16-34-14-12-30)21(22-18-36-25-10-6-3-7-19(22)25)17-26(37-28)27(32)29-23-8-4-5-9-24(23)31/h3-10,17-18,20-21,28,30-31H,2,11-16H2,1H3,(H,29,32). The molecule has 3 atom stereocenters. The Balaban J connectivity index is 1.59. The van der Waals surface area contributed by atoms with Gasteiger partial charge in [-0.2, -0.15) is 0 Å². The first-order valence-corrected chi connectivity index (χ1v) is 12.4. The molecule has 0 aliphatic carbocycles. The SMILES string of the molecule is CCOC1OC(C(=O)Nc2ccccc2O)=CC(c2coc3ccccc23)C1CCOCCOCCO. The van der Waals surface area contributed by atoms with E-state index in [2.05, 4.69) is 5.32 Å². The number of phenolic OH excluding ortho intramolecular Hbond substituents is 1. The number of aliphatic hydroxyl groups is 1. The van der Waals surface area contributed by atoms with E-state index in [1.165, 1.54) is 6.07 Å². The largest absolute Gasteiger partial charge is 0.506 e. The number of aliphatic hydroxyl groups excluding tert-OH is 1. The molecule has 1 amide bonds. The van der Waals surface area contributed by atoms with Gasteiger partial charge in [-0.15, -0.1) is 0 Å².